The molecule has 1 aliphatic heterocycles. The van der Waals surface area contributed by atoms with Gasteiger partial charge in [-0.2, -0.15) is 13.2 Å². The number of hydrogen-bond acceptors (Lipinski definition) is 5. The molecule has 7 nitrogen and oxygen atoms in total. The number of nitrogens with zero attached hydrogens (tertiary/aromatic N) is 2. The number of carbonyl (C=O) groups excluding carboxylic acids is 2. The first kappa shape index (κ1) is 22.1. The molecule has 1 aromatic heterocycles. The van der Waals surface area contributed by atoms with Crippen molar-refractivity contribution in [2.24, 2.45) is 0 Å². The molecule has 2 heterocycles. The molecule has 3 N–H and O–H groups in total. The third-order valence-electron chi connectivity index (χ3n) is 3.75. The second-order valence-electron chi connectivity index (χ2n) is 5.64. The van der Waals surface area contributed by atoms with Crippen LogP contribution in [0.25, 0.3) is 0 Å². The van der Waals surface area contributed by atoms with Gasteiger partial charge in [0.1, 0.15) is 6.54 Å². The van der Waals surface area contributed by atoms with E-state index in [0.717, 1.165) is 12.1 Å². The summed E-state index contributed by atoms with van der Waals surface area (Å²) in [4.78, 5) is 29.2. The van der Waals surface area contributed by atoms with Gasteiger partial charge < -0.3 is 10.6 Å². The number of alkyl halides is 3. The standard InChI is InChI=1S/C15H20F3N5O2.ClH/c16-15(17,18)10-21-14(25)22-13(24)3-6-23-7-5-20-9-12(23)11-2-1-4-19-8-11;/h1-2,4,8,12,20H,3,5-7,9-10H2,(H2,21,22,24,25);1H. The highest BCUT2D eigenvalue weighted by Gasteiger charge is 2.28. The molecule has 1 aliphatic rings. The molecule has 0 aliphatic carbocycles. The largest absolute Gasteiger partial charge is 0.405 e. The zero-order chi connectivity index (χ0) is 18.3. The Morgan fingerprint density at radius 1 is 1.38 bits per heavy atom. The van der Waals surface area contributed by atoms with Gasteiger partial charge in [-0.05, 0) is 11.6 Å². The second-order valence-corrected chi connectivity index (χ2v) is 5.64. The van der Waals surface area contributed by atoms with E-state index in [4.69, 9.17) is 0 Å². The molecule has 0 saturated carbocycles. The summed E-state index contributed by atoms with van der Waals surface area (Å²) in [5.41, 5.74) is 1.01. The van der Waals surface area contributed by atoms with E-state index in [1.54, 1.807) is 17.7 Å². The Kier molecular flexibility index (Phi) is 8.76. The Morgan fingerprint density at radius 3 is 2.81 bits per heavy atom. The van der Waals surface area contributed by atoms with Crippen LogP contribution < -0.4 is 16.0 Å². The number of aromatic nitrogens is 1. The summed E-state index contributed by atoms with van der Waals surface area (Å²) in [5, 5.41) is 6.77. The van der Waals surface area contributed by atoms with Crippen molar-refractivity contribution >= 4 is 24.3 Å². The van der Waals surface area contributed by atoms with Crippen LogP contribution in [0.3, 0.4) is 0 Å². The van der Waals surface area contributed by atoms with Gasteiger partial charge in [0.2, 0.25) is 5.91 Å². The van der Waals surface area contributed by atoms with Gasteiger partial charge >= 0.3 is 12.2 Å². The van der Waals surface area contributed by atoms with E-state index in [2.05, 4.69) is 15.2 Å². The molecule has 0 aromatic carbocycles. The smallest absolute Gasteiger partial charge is 0.329 e. The first-order valence-corrected chi connectivity index (χ1v) is 7.84. The lowest BCUT2D eigenvalue weighted by Gasteiger charge is -2.36. The van der Waals surface area contributed by atoms with Gasteiger partial charge in [0.05, 0.1) is 0 Å². The van der Waals surface area contributed by atoms with Crippen molar-refractivity contribution in [3.8, 4) is 0 Å². The van der Waals surface area contributed by atoms with Crippen LogP contribution in [-0.4, -0.2) is 60.7 Å². The average Bonchev–Trinajstić information content (AvgIpc) is 2.59. The maximum Gasteiger partial charge on any atom is 0.405 e. The Morgan fingerprint density at radius 2 is 2.15 bits per heavy atom. The molecule has 11 heteroatoms. The van der Waals surface area contributed by atoms with Crippen molar-refractivity contribution in [3.05, 3.63) is 30.1 Å². The van der Waals surface area contributed by atoms with Crippen LogP contribution in [-0.2, 0) is 4.79 Å². The van der Waals surface area contributed by atoms with Crippen LogP contribution in [0.5, 0.6) is 0 Å². The number of nitrogens with one attached hydrogen (secondary N) is 3. The molecule has 0 bridgehead atoms. The fraction of sp³-hybridized carbons (Fsp3) is 0.533. The number of imide groups is 1. The molecule has 1 aromatic rings. The zero-order valence-corrected chi connectivity index (χ0v) is 14.7. The number of piperazine rings is 1. The molecule has 3 amide bonds. The van der Waals surface area contributed by atoms with E-state index in [0.29, 0.717) is 19.6 Å². The second kappa shape index (κ2) is 10.3. The lowest BCUT2D eigenvalue weighted by atomic mass is 10.1. The Balaban J connectivity index is 0.00000338. The lowest BCUT2D eigenvalue weighted by Crippen LogP contribution is -2.48. The van der Waals surface area contributed by atoms with Crippen LogP contribution in [0.15, 0.2) is 24.5 Å². The fourth-order valence-electron chi connectivity index (χ4n) is 2.57. The van der Waals surface area contributed by atoms with Crippen LogP contribution in [0.2, 0.25) is 0 Å². The van der Waals surface area contributed by atoms with Gasteiger partial charge in [0, 0.05) is 51.0 Å². The minimum Gasteiger partial charge on any atom is -0.329 e. The first-order valence-electron chi connectivity index (χ1n) is 7.84. The molecule has 146 valence electrons. The number of urea groups is 1. The third kappa shape index (κ3) is 7.54. The van der Waals surface area contributed by atoms with E-state index in [1.807, 2.05) is 17.4 Å². The molecule has 0 spiro atoms. The number of pyridine rings is 1. The van der Waals surface area contributed by atoms with Crippen molar-refractivity contribution in [1.29, 1.82) is 0 Å². The molecule has 1 fully saturated rings. The number of hydrogen-bond donors (Lipinski definition) is 3. The predicted molar refractivity (Wildman–Crippen MR) is 90.9 cm³/mol. The fourth-order valence-corrected chi connectivity index (χ4v) is 2.57. The maximum atomic E-state index is 12.0. The van der Waals surface area contributed by atoms with Gasteiger partial charge in [-0.15, -0.1) is 12.4 Å². The minimum absolute atomic E-state index is 0. The van der Waals surface area contributed by atoms with E-state index >= 15 is 0 Å². The van der Waals surface area contributed by atoms with Crippen LogP contribution in [0.1, 0.15) is 18.0 Å². The normalized spacial score (nSPS) is 17.9. The summed E-state index contributed by atoms with van der Waals surface area (Å²) in [6.45, 7) is 1.10. The Hall–Kier alpha value is -1.91. The molecular formula is C15H21ClF3N5O2. The average molecular weight is 396 g/mol. The highest BCUT2D eigenvalue weighted by Crippen LogP contribution is 2.21. The van der Waals surface area contributed by atoms with Crippen molar-refractivity contribution in [3.63, 3.8) is 0 Å². The highest BCUT2D eigenvalue weighted by molar-refractivity contribution is 5.94. The lowest BCUT2D eigenvalue weighted by molar-refractivity contribution is -0.124. The molecule has 1 saturated heterocycles. The molecular weight excluding hydrogens is 375 g/mol. The van der Waals surface area contributed by atoms with Crippen molar-refractivity contribution in [2.75, 3.05) is 32.7 Å². The molecule has 1 unspecified atom stereocenters. The topological polar surface area (TPSA) is 86.4 Å². The van der Waals surface area contributed by atoms with Gasteiger partial charge in [0.15, 0.2) is 0 Å². The highest BCUT2D eigenvalue weighted by atomic mass is 35.5. The van der Waals surface area contributed by atoms with Crippen LogP contribution in [0, 0.1) is 0 Å². The minimum atomic E-state index is -4.52. The van der Waals surface area contributed by atoms with E-state index < -0.39 is 24.7 Å². The summed E-state index contributed by atoms with van der Waals surface area (Å²) >= 11 is 0. The van der Waals surface area contributed by atoms with Gasteiger partial charge in [-0.1, -0.05) is 6.07 Å². The molecule has 2 rings (SSSR count). The summed E-state index contributed by atoms with van der Waals surface area (Å²) < 4.78 is 36.0. The molecule has 1 atom stereocenters. The Labute approximate surface area is 155 Å². The van der Waals surface area contributed by atoms with Crippen molar-refractivity contribution < 1.29 is 22.8 Å². The van der Waals surface area contributed by atoms with Crippen LogP contribution in [0.4, 0.5) is 18.0 Å². The van der Waals surface area contributed by atoms with E-state index in [-0.39, 0.29) is 24.9 Å². The van der Waals surface area contributed by atoms with Crippen molar-refractivity contribution in [1.82, 2.24) is 25.8 Å². The first-order chi connectivity index (χ1) is 11.8. The van der Waals surface area contributed by atoms with Gasteiger partial charge in [-0.3, -0.25) is 20.0 Å². The van der Waals surface area contributed by atoms with Crippen molar-refractivity contribution in [2.45, 2.75) is 18.6 Å². The molecule has 0 radical (unpaired) electrons. The Bertz CT molecular complexity index is 588. The SMILES string of the molecule is Cl.O=C(CCN1CCNCC1c1cccnc1)NC(=O)NCC(F)(F)F. The quantitative estimate of drug-likeness (QED) is 0.698. The van der Waals surface area contributed by atoms with Gasteiger partial charge in [-0.25, -0.2) is 4.79 Å². The number of rotatable bonds is 5. The van der Waals surface area contributed by atoms with Crippen LogP contribution >= 0.6 is 12.4 Å². The zero-order valence-electron chi connectivity index (χ0n) is 13.9. The third-order valence-corrected chi connectivity index (χ3v) is 3.75. The van der Waals surface area contributed by atoms with Gasteiger partial charge in [0.25, 0.3) is 0 Å². The summed E-state index contributed by atoms with van der Waals surface area (Å²) in [6, 6.07) is 2.68. The number of halogens is 4. The summed E-state index contributed by atoms with van der Waals surface area (Å²) in [7, 11) is 0. The summed E-state index contributed by atoms with van der Waals surface area (Å²) in [5.74, 6) is -0.622. The number of carbonyl (C=O) groups is 2. The number of amides is 3. The predicted octanol–water partition coefficient (Wildman–Crippen LogP) is 1.23. The van der Waals surface area contributed by atoms with E-state index in [1.165, 1.54) is 0 Å². The summed E-state index contributed by atoms with van der Waals surface area (Å²) in [6.07, 6.45) is -1.07. The molecule has 26 heavy (non-hydrogen) atoms. The monoisotopic (exact) mass is 395 g/mol. The maximum absolute atomic E-state index is 12.0. The van der Waals surface area contributed by atoms with E-state index in [9.17, 15) is 22.8 Å².